The van der Waals surface area contributed by atoms with Crippen LogP contribution in [0.5, 0.6) is 5.75 Å². The summed E-state index contributed by atoms with van der Waals surface area (Å²) in [5.41, 5.74) is 5.39. The summed E-state index contributed by atoms with van der Waals surface area (Å²) in [5.74, 6) is -1.13. The average Bonchev–Trinajstić information content (AvgIpc) is 2.78. The van der Waals surface area contributed by atoms with E-state index >= 15 is 0 Å². The van der Waals surface area contributed by atoms with E-state index in [2.05, 4.69) is 4.98 Å². The molecule has 0 radical (unpaired) electrons. The van der Waals surface area contributed by atoms with Gasteiger partial charge in [-0.2, -0.15) is 0 Å². The summed E-state index contributed by atoms with van der Waals surface area (Å²) in [6.07, 6.45) is 3.23. The van der Waals surface area contributed by atoms with Gasteiger partial charge in [0.25, 0.3) is 5.91 Å². The Bertz CT molecular complexity index is 461. The van der Waals surface area contributed by atoms with Gasteiger partial charge in [-0.25, -0.2) is 0 Å². The van der Waals surface area contributed by atoms with E-state index in [0.717, 1.165) is 0 Å². The maximum atomic E-state index is 12.0. The zero-order valence-corrected chi connectivity index (χ0v) is 9.17. The van der Waals surface area contributed by atoms with Gasteiger partial charge in [-0.05, 0) is 12.5 Å². The maximum Gasteiger partial charge on any atom is 0.257 e. The number of likely N-dealkylation sites (tertiary alicyclic amines) is 1. The van der Waals surface area contributed by atoms with E-state index in [1.807, 2.05) is 0 Å². The lowest BCUT2D eigenvalue weighted by atomic mass is 10.1. The number of amides is 2. The third kappa shape index (κ3) is 2.20. The number of pyridine rings is 1. The van der Waals surface area contributed by atoms with Gasteiger partial charge in [-0.1, -0.05) is 0 Å². The molecule has 2 amide bonds. The zero-order valence-electron chi connectivity index (χ0n) is 9.17. The van der Waals surface area contributed by atoms with Crippen molar-refractivity contribution >= 4 is 11.8 Å². The Labute approximate surface area is 98.1 Å². The first-order chi connectivity index (χ1) is 8.09. The number of hydrogen-bond acceptors (Lipinski definition) is 4. The van der Waals surface area contributed by atoms with Crippen molar-refractivity contribution in [2.24, 2.45) is 11.7 Å². The summed E-state index contributed by atoms with van der Waals surface area (Å²) in [6, 6.07) is 1.45. The van der Waals surface area contributed by atoms with Gasteiger partial charge >= 0.3 is 0 Å². The van der Waals surface area contributed by atoms with Crippen molar-refractivity contribution in [2.45, 2.75) is 6.42 Å². The lowest BCUT2D eigenvalue weighted by molar-refractivity contribution is -0.121. The second kappa shape index (κ2) is 4.40. The minimum atomic E-state index is -0.390. The molecule has 0 aromatic carbocycles. The maximum absolute atomic E-state index is 12.0. The molecule has 2 heterocycles. The largest absolute Gasteiger partial charge is 0.505 e. The van der Waals surface area contributed by atoms with Gasteiger partial charge < -0.3 is 15.7 Å². The number of hydrogen-bond donors (Lipinski definition) is 2. The van der Waals surface area contributed by atoms with Crippen molar-refractivity contribution in [3.63, 3.8) is 0 Å². The Morgan fingerprint density at radius 1 is 1.53 bits per heavy atom. The molecule has 1 aliphatic heterocycles. The van der Waals surface area contributed by atoms with Crippen LogP contribution in [0.3, 0.4) is 0 Å². The highest BCUT2D eigenvalue weighted by Gasteiger charge is 2.30. The van der Waals surface area contributed by atoms with Gasteiger partial charge in [0.15, 0.2) is 0 Å². The van der Waals surface area contributed by atoms with Gasteiger partial charge in [0.1, 0.15) is 5.75 Å². The quantitative estimate of drug-likeness (QED) is 0.737. The van der Waals surface area contributed by atoms with Crippen LogP contribution in [0.1, 0.15) is 16.8 Å². The Balaban J connectivity index is 2.13. The van der Waals surface area contributed by atoms with Crippen LogP contribution in [0.4, 0.5) is 0 Å². The van der Waals surface area contributed by atoms with Crippen LogP contribution < -0.4 is 5.73 Å². The monoisotopic (exact) mass is 235 g/mol. The van der Waals surface area contributed by atoms with Crippen molar-refractivity contribution in [3.8, 4) is 5.75 Å². The number of nitrogens with zero attached hydrogens (tertiary/aromatic N) is 2. The second-order valence-electron chi connectivity index (χ2n) is 4.03. The number of carbonyl (C=O) groups is 2. The fraction of sp³-hybridized carbons (Fsp3) is 0.364. The predicted octanol–water partition coefficient (Wildman–Crippen LogP) is -0.265. The molecular formula is C11H13N3O3. The van der Waals surface area contributed by atoms with Gasteiger partial charge in [-0.3, -0.25) is 14.6 Å². The van der Waals surface area contributed by atoms with Crippen LogP contribution in [0, 0.1) is 5.92 Å². The Morgan fingerprint density at radius 3 is 2.88 bits per heavy atom. The molecular weight excluding hydrogens is 222 g/mol. The van der Waals surface area contributed by atoms with E-state index in [0.29, 0.717) is 19.5 Å². The Hall–Kier alpha value is -2.11. The van der Waals surface area contributed by atoms with Gasteiger partial charge in [0, 0.05) is 19.3 Å². The normalized spacial score (nSPS) is 19.3. The van der Waals surface area contributed by atoms with Crippen molar-refractivity contribution in [3.05, 3.63) is 24.0 Å². The van der Waals surface area contributed by atoms with E-state index in [1.54, 1.807) is 0 Å². The topological polar surface area (TPSA) is 96.5 Å². The first kappa shape index (κ1) is 11.4. The average molecular weight is 235 g/mol. The molecule has 3 N–H and O–H groups in total. The molecule has 0 saturated carbocycles. The molecule has 0 aliphatic carbocycles. The molecule has 6 nitrogen and oxygen atoms in total. The second-order valence-corrected chi connectivity index (χ2v) is 4.03. The number of aromatic nitrogens is 1. The van der Waals surface area contributed by atoms with Crippen molar-refractivity contribution < 1.29 is 14.7 Å². The van der Waals surface area contributed by atoms with Crippen LogP contribution in [-0.2, 0) is 4.79 Å². The fourth-order valence-corrected chi connectivity index (χ4v) is 1.91. The molecule has 1 saturated heterocycles. The first-order valence-corrected chi connectivity index (χ1v) is 5.31. The third-order valence-electron chi connectivity index (χ3n) is 2.91. The molecule has 1 atom stereocenters. The lowest BCUT2D eigenvalue weighted by Crippen LogP contribution is -2.31. The highest BCUT2D eigenvalue weighted by atomic mass is 16.3. The summed E-state index contributed by atoms with van der Waals surface area (Å²) in [5, 5.41) is 9.51. The molecule has 6 heteroatoms. The minimum Gasteiger partial charge on any atom is -0.505 e. The van der Waals surface area contributed by atoms with Crippen LogP contribution in [0.15, 0.2) is 18.5 Å². The molecule has 2 rings (SSSR count). The SMILES string of the molecule is NC(=O)C1CCN(C(=O)c2ccncc2O)C1. The van der Waals surface area contributed by atoms with E-state index in [9.17, 15) is 14.7 Å². The summed E-state index contributed by atoms with van der Waals surface area (Å²) in [6.45, 7) is 0.796. The van der Waals surface area contributed by atoms with E-state index in [4.69, 9.17) is 5.73 Å². The van der Waals surface area contributed by atoms with Crippen molar-refractivity contribution in [2.75, 3.05) is 13.1 Å². The van der Waals surface area contributed by atoms with Crippen LogP contribution in [-0.4, -0.2) is 39.9 Å². The molecule has 1 fully saturated rings. The lowest BCUT2D eigenvalue weighted by Gasteiger charge is -2.16. The zero-order chi connectivity index (χ0) is 12.4. The molecule has 1 aliphatic rings. The number of primary amides is 1. The molecule has 1 unspecified atom stereocenters. The third-order valence-corrected chi connectivity index (χ3v) is 2.91. The predicted molar refractivity (Wildman–Crippen MR) is 59.1 cm³/mol. The van der Waals surface area contributed by atoms with Crippen molar-refractivity contribution in [1.29, 1.82) is 0 Å². The molecule has 1 aromatic heterocycles. The van der Waals surface area contributed by atoms with E-state index in [1.165, 1.54) is 23.4 Å². The van der Waals surface area contributed by atoms with Crippen molar-refractivity contribution in [1.82, 2.24) is 9.88 Å². The first-order valence-electron chi connectivity index (χ1n) is 5.31. The highest BCUT2D eigenvalue weighted by Crippen LogP contribution is 2.22. The standard InChI is InChI=1S/C11H13N3O3/c12-10(16)7-2-4-14(6-7)11(17)8-1-3-13-5-9(8)15/h1,3,5,7,15H,2,4,6H2,(H2,12,16). The number of carbonyl (C=O) groups excluding carboxylic acids is 2. The smallest absolute Gasteiger partial charge is 0.257 e. The summed E-state index contributed by atoms with van der Waals surface area (Å²) in [4.78, 5) is 28.2. The van der Waals surface area contributed by atoms with Gasteiger partial charge in [0.2, 0.25) is 5.91 Å². The van der Waals surface area contributed by atoms with Gasteiger partial charge in [-0.15, -0.1) is 0 Å². The highest BCUT2D eigenvalue weighted by molar-refractivity contribution is 5.97. The molecule has 17 heavy (non-hydrogen) atoms. The van der Waals surface area contributed by atoms with E-state index < -0.39 is 0 Å². The molecule has 0 spiro atoms. The Kier molecular flexibility index (Phi) is 2.95. The minimum absolute atomic E-state index is 0.153. The number of nitrogens with two attached hydrogens (primary N) is 1. The van der Waals surface area contributed by atoms with Crippen LogP contribution >= 0.6 is 0 Å². The van der Waals surface area contributed by atoms with Crippen LogP contribution in [0.25, 0.3) is 0 Å². The molecule has 0 bridgehead atoms. The molecule has 1 aromatic rings. The Morgan fingerprint density at radius 2 is 2.29 bits per heavy atom. The number of rotatable bonds is 2. The summed E-state index contributed by atoms with van der Waals surface area (Å²) >= 11 is 0. The van der Waals surface area contributed by atoms with Crippen LogP contribution in [0.2, 0.25) is 0 Å². The summed E-state index contributed by atoms with van der Waals surface area (Å²) in [7, 11) is 0. The van der Waals surface area contributed by atoms with Gasteiger partial charge in [0.05, 0.1) is 17.7 Å². The fourth-order valence-electron chi connectivity index (χ4n) is 1.91. The van der Waals surface area contributed by atoms with E-state index in [-0.39, 0.29) is 29.0 Å². The number of aromatic hydroxyl groups is 1. The summed E-state index contributed by atoms with van der Waals surface area (Å²) < 4.78 is 0. The molecule has 90 valence electrons.